The van der Waals surface area contributed by atoms with E-state index in [9.17, 15) is 4.39 Å². The minimum atomic E-state index is -0.454. The number of nitrogens with one attached hydrogen (secondary N) is 3. The number of rotatable bonds is 4. The molecule has 2 aromatic heterocycles. The average molecular weight is 384 g/mol. The van der Waals surface area contributed by atoms with Gasteiger partial charge in [0, 0.05) is 24.4 Å². The second-order valence-corrected chi connectivity index (χ2v) is 7.42. The number of thioether (sulfide) groups is 1. The molecule has 27 heavy (non-hydrogen) atoms. The fourth-order valence-electron chi connectivity index (χ4n) is 2.94. The quantitative estimate of drug-likeness (QED) is 0.694. The predicted octanol–water partition coefficient (Wildman–Crippen LogP) is 2.60. The molecule has 3 N–H and O–H groups in total. The molecule has 138 valence electrons. The number of nitrogens with zero attached hydrogens (tertiary/aromatic N) is 5. The van der Waals surface area contributed by atoms with Gasteiger partial charge in [-0.05, 0) is 19.4 Å². The summed E-state index contributed by atoms with van der Waals surface area (Å²) in [6.45, 7) is 4.89. The second kappa shape index (κ2) is 6.69. The van der Waals surface area contributed by atoms with Crippen LogP contribution in [0.25, 0.3) is 5.57 Å². The maximum Gasteiger partial charge on any atom is 0.225 e. The Morgan fingerprint density at radius 1 is 1.22 bits per heavy atom. The Balaban J connectivity index is 1.51. The fraction of sp³-hybridized carbons (Fsp3) is 0.294. The molecule has 0 unspecified atom stereocenters. The highest BCUT2D eigenvalue weighted by Crippen LogP contribution is 2.44. The lowest BCUT2D eigenvalue weighted by Crippen LogP contribution is -2.55. The molecular formula is C17H17FN8S. The molecule has 0 aliphatic carbocycles. The first kappa shape index (κ1) is 17.5. The van der Waals surface area contributed by atoms with Gasteiger partial charge in [-0.3, -0.25) is 5.41 Å². The monoisotopic (exact) mass is 384 g/mol. The van der Waals surface area contributed by atoms with E-state index in [1.807, 2.05) is 11.8 Å². The Morgan fingerprint density at radius 3 is 2.59 bits per heavy atom. The van der Waals surface area contributed by atoms with Crippen molar-refractivity contribution in [3.63, 3.8) is 0 Å². The van der Waals surface area contributed by atoms with Crippen LogP contribution in [-0.2, 0) is 0 Å². The van der Waals surface area contributed by atoms with E-state index in [2.05, 4.69) is 25.3 Å². The Kier molecular flexibility index (Phi) is 4.34. The van der Waals surface area contributed by atoms with Gasteiger partial charge < -0.3 is 15.6 Å². The standard InChI is InChI=1S/C17H17FN8S/c1-8(9(2)19)12-13-14(27-15(12)20)16(24-7-23-13)25-11-5-26(6-11)17-21-3-10(18)4-22-17/h3-4,7,11,19-20H,5-6H2,1-2H3,(H,23,24,25)/b12-8-,19-9?,20-15?. The summed E-state index contributed by atoms with van der Waals surface area (Å²) in [6, 6.07) is 0.144. The summed E-state index contributed by atoms with van der Waals surface area (Å²) in [5.74, 6) is 0.731. The normalized spacial score (nSPS) is 18.2. The third-order valence-corrected chi connectivity index (χ3v) is 5.52. The van der Waals surface area contributed by atoms with Crippen LogP contribution < -0.4 is 10.2 Å². The van der Waals surface area contributed by atoms with Crippen LogP contribution in [0.5, 0.6) is 0 Å². The summed E-state index contributed by atoms with van der Waals surface area (Å²) in [4.78, 5) is 19.4. The molecule has 4 rings (SSSR count). The van der Waals surface area contributed by atoms with E-state index in [0.29, 0.717) is 46.9 Å². The Bertz CT molecular complexity index is 965. The van der Waals surface area contributed by atoms with Crippen LogP contribution in [-0.4, -0.2) is 49.8 Å². The molecular weight excluding hydrogens is 367 g/mol. The van der Waals surface area contributed by atoms with Crippen LogP contribution in [0.3, 0.4) is 0 Å². The van der Waals surface area contributed by atoms with Crippen molar-refractivity contribution in [3.05, 3.63) is 35.8 Å². The van der Waals surface area contributed by atoms with E-state index in [-0.39, 0.29) is 6.04 Å². The summed E-state index contributed by atoms with van der Waals surface area (Å²) >= 11 is 1.31. The van der Waals surface area contributed by atoms with E-state index in [0.717, 1.165) is 22.9 Å². The zero-order valence-electron chi connectivity index (χ0n) is 14.7. The summed E-state index contributed by atoms with van der Waals surface area (Å²) in [6.07, 6.45) is 3.79. The van der Waals surface area contributed by atoms with Gasteiger partial charge in [0.15, 0.2) is 5.82 Å². The van der Waals surface area contributed by atoms with Gasteiger partial charge in [-0.25, -0.2) is 24.3 Å². The minimum Gasteiger partial charge on any atom is -0.363 e. The van der Waals surface area contributed by atoms with Crippen LogP contribution in [0.15, 0.2) is 29.2 Å². The summed E-state index contributed by atoms with van der Waals surface area (Å²) in [7, 11) is 0. The van der Waals surface area contributed by atoms with Gasteiger partial charge in [-0.15, -0.1) is 0 Å². The summed E-state index contributed by atoms with van der Waals surface area (Å²) in [5.41, 5.74) is 2.57. The van der Waals surface area contributed by atoms with Gasteiger partial charge >= 0.3 is 0 Å². The molecule has 0 bridgehead atoms. The Morgan fingerprint density at radius 2 is 1.93 bits per heavy atom. The lowest BCUT2D eigenvalue weighted by Gasteiger charge is -2.39. The van der Waals surface area contributed by atoms with Crippen molar-refractivity contribution in [2.75, 3.05) is 23.3 Å². The van der Waals surface area contributed by atoms with Crippen molar-refractivity contribution in [3.8, 4) is 0 Å². The molecule has 0 atom stereocenters. The molecule has 2 aliphatic heterocycles. The number of hydrogen-bond acceptors (Lipinski definition) is 9. The second-order valence-electron chi connectivity index (χ2n) is 6.40. The maximum atomic E-state index is 12.9. The molecule has 0 saturated carbocycles. The van der Waals surface area contributed by atoms with E-state index in [1.165, 1.54) is 18.1 Å². The zero-order valence-corrected chi connectivity index (χ0v) is 15.6. The van der Waals surface area contributed by atoms with E-state index >= 15 is 0 Å². The van der Waals surface area contributed by atoms with Crippen LogP contribution in [0.2, 0.25) is 0 Å². The van der Waals surface area contributed by atoms with E-state index < -0.39 is 5.82 Å². The fourth-order valence-corrected chi connectivity index (χ4v) is 3.96. The zero-order chi connectivity index (χ0) is 19.1. The van der Waals surface area contributed by atoms with Crippen LogP contribution in [0.4, 0.5) is 16.2 Å². The van der Waals surface area contributed by atoms with E-state index in [1.54, 1.807) is 6.92 Å². The van der Waals surface area contributed by atoms with Crippen molar-refractivity contribution in [2.24, 2.45) is 0 Å². The highest BCUT2D eigenvalue weighted by Gasteiger charge is 2.33. The molecule has 1 fully saturated rings. The first-order valence-electron chi connectivity index (χ1n) is 8.31. The molecule has 0 radical (unpaired) electrons. The minimum absolute atomic E-state index is 0.144. The van der Waals surface area contributed by atoms with Crippen molar-refractivity contribution >= 4 is 39.9 Å². The molecule has 8 nitrogen and oxygen atoms in total. The molecule has 0 aromatic carbocycles. The topological polar surface area (TPSA) is 115 Å². The average Bonchev–Trinajstić information content (AvgIpc) is 2.94. The van der Waals surface area contributed by atoms with Crippen molar-refractivity contribution in [1.82, 2.24) is 19.9 Å². The highest BCUT2D eigenvalue weighted by atomic mass is 32.2. The molecule has 0 spiro atoms. The number of aromatic nitrogens is 4. The largest absolute Gasteiger partial charge is 0.363 e. The van der Waals surface area contributed by atoms with Crippen LogP contribution >= 0.6 is 11.8 Å². The molecule has 10 heteroatoms. The van der Waals surface area contributed by atoms with Gasteiger partial charge in [-0.1, -0.05) is 11.8 Å². The molecule has 2 aromatic rings. The third kappa shape index (κ3) is 3.16. The van der Waals surface area contributed by atoms with Crippen molar-refractivity contribution in [1.29, 1.82) is 10.8 Å². The number of halogens is 1. The van der Waals surface area contributed by atoms with Gasteiger partial charge in [0.05, 0.1) is 29.0 Å². The highest BCUT2D eigenvalue weighted by molar-refractivity contribution is 8.15. The lowest BCUT2D eigenvalue weighted by atomic mass is 10.0. The number of fused-ring (bicyclic) bond motifs is 1. The molecule has 0 amide bonds. The van der Waals surface area contributed by atoms with Crippen molar-refractivity contribution in [2.45, 2.75) is 24.8 Å². The summed E-state index contributed by atoms with van der Waals surface area (Å²) in [5, 5.41) is 19.9. The molecule has 2 aliphatic rings. The van der Waals surface area contributed by atoms with Crippen LogP contribution in [0, 0.1) is 16.6 Å². The number of allylic oxidation sites excluding steroid dienone is 1. The molecule has 4 heterocycles. The first-order chi connectivity index (χ1) is 12.9. The van der Waals surface area contributed by atoms with E-state index in [4.69, 9.17) is 10.8 Å². The van der Waals surface area contributed by atoms with Gasteiger partial charge in [0.25, 0.3) is 0 Å². The Hall–Kier alpha value is -2.88. The maximum absolute atomic E-state index is 12.9. The smallest absolute Gasteiger partial charge is 0.225 e. The predicted molar refractivity (Wildman–Crippen MR) is 103 cm³/mol. The van der Waals surface area contributed by atoms with Crippen LogP contribution in [0.1, 0.15) is 19.5 Å². The van der Waals surface area contributed by atoms with Crippen molar-refractivity contribution < 1.29 is 4.39 Å². The Labute approximate surface area is 159 Å². The lowest BCUT2D eigenvalue weighted by molar-refractivity contribution is 0.531. The number of anilines is 2. The third-order valence-electron chi connectivity index (χ3n) is 4.52. The van der Waals surface area contributed by atoms with Gasteiger partial charge in [0.2, 0.25) is 5.95 Å². The number of hydrogen-bond donors (Lipinski definition) is 3. The van der Waals surface area contributed by atoms with Gasteiger partial charge in [-0.2, -0.15) is 0 Å². The SMILES string of the molecule is CC(=N)/C(C)=C1\C(=N)Sc2c(NC3CN(c4ncc(F)cn4)C3)ncnc21. The summed E-state index contributed by atoms with van der Waals surface area (Å²) < 4.78 is 12.9. The molecule has 1 saturated heterocycles. The van der Waals surface area contributed by atoms with Gasteiger partial charge in [0.1, 0.15) is 17.2 Å². The first-order valence-corrected chi connectivity index (χ1v) is 9.13.